The van der Waals surface area contributed by atoms with Crippen molar-refractivity contribution in [2.75, 3.05) is 13.1 Å². The van der Waals surface area contributed by atoms with E-state index >= 15 is 0 Å². The Morgan fingerprint density at radius 3 is 2.10 bits per heavy atom. The molecule has 4 unspecified atom stereocenters. The van der Waals surface area contributed by atoms with E-state index in [1.807, 2.05) is 0 Å². The Bertz CT molecular complexity index is 613. The first-order chi connectivity index (χ1) is 14.0. The Labute approximate surface area is 174 Å². The Balaban J connectivity index is 4.83. The van der Waals surface area contributed by atoms with Crippen molar-refractivity contribution in [2.24, 2.45) is 17.2 Å². The zero-order chi connectivity index (χ0) is 23.3. The third-order valence-corrected chi connectivity index (χ3v) is 4.14. The summed E-state index contributed by atoms with van der Waals surface area (Å²) in [5.41, 5.74) is 15.9. The number of hydrogen-bond acceptors (Lipinski definition) is 8. The van der Waals surface area contributed by atoms with Crippen molar-refractivity contribution in [3.8, 4) is 0 Å². The summed E-state index contributed by atoms with van der Waals surface area (Å²) >= 11 is 0. The number of nitrogens with two attached hydrogens (primary N) is 3. The van der Waals surface area contributed by atoms with E-state index in [0.29, 0.717) is 19.4 Å². The molecule has 0 saturated carbocycles. The van der Waals surface area contributed by atoms with Crippen LogP contribution in [0.1, 0.15) is 39.0 Å². The van der Waals surface area contributed by atoms with E-state index in [9.17, 15) is 29.1 Å². The molecule has 0 aliphatic rings. The lowest BCUT2D eigenvalue weighted by Gasteiger charge is -2.22. The second-order valence-corrected chi connectivity index (χ2v) is 6.79. The number of primary amides is 1. The van der Waals surface area contributed by atoms with Crippen molar-refractivity contribution in [1.29, 1.82) is 0 Å². The van der Waals surface area contributed by atoms with Crippen LogP contribution in [0.15, 0.2) is 0 Å². The average molecular weight is 432 g/mol. The summed E-state index contributed by atoms with van der Waals surface area (Å²) in [6.07, 6.45) is -0.222. The van der Waals surface area contributed by atoms with Crippen LogP contribution in [0.5, 0.6) is 0 Å². The fourth-order valence-corrected chi connectivity index (χ4v) is 2.33. The number of aliphatic carboxylic acids is 1. The lowest BCUT2D eigenvalue weighted by molar-refractivity contribution is -0.142. The molecule has 0 radical (unpaired) electrons. The van der Waals surface area contributed by atoms with Crippen molar-refractivity contribution >= 4 is 29.6 Å². The number of carbonyl (C=O) groups is 5. The van der Waals surface area contributed by atoms with Crippen LogP contribution in [-0.4, -0.2) is 77.1 Å². The van der Waals surface area contributed by atoms with Crippen LogP contribution in [0.2, 0.25) is 0 Å². The molecular formula is C17H32N6O7. The SMILES string of the molecule is CC(O)C(N)C(=O)NC(CCCCN)C(=O)NCC(=O)NC(CCC(N)=O)C(=O)O. The number of carbonyl (C=O) groups excluding carboxylic acids is 4. The fraction of sp³-hybridized carbons (Fsp3) is 0.706. The van der Waals surface area contributed by atoms with Crippen LogP contribution in [-0.2, 0) is 24.0 Å². The summed E-state index contributed by atoms with van der Waals surface area (Å²) in [5, 5.41) is 25.4. The summed E-state index contributed by atoms with van der Waals surface area (Å²) in [6, 6.07) is -3.60. The maximum Gasteiger partial charge on any atom is 0.326 e. The highest BCUT2D eigenvalue weighted by molar-refractivity contribution is 5.92. The van der Waals surface area contributed by atoms with Crippen molar-refractivity contribution < 1.29 is 34.2 Å². The first-order valence-corrected chi connectivity index (χ1v) is 9.51. The summed E-state index contributed by atoms with van der Waals surface area (Å²) in [6.45, 7) is 1.17. The largest absolute Gasteiger partial charge is 0.480 e. The molecular weight excluding hydrogens is 400 g/mol. The maximum atomic E-state index is 12.4. The van der Waals surface area contributed by atoms with Gasteiger partial charge in [0.15, 0.2) is 0 Å². The van der Waals surface area contributed by atoms with Gasteiger partial charge in [-0.1, -0.05) is 0 Å². The zero-order valence-corrected chi connectivity index (χ0v) is 16.9. The van der Waals surface area contributed by atoms with Gasteiger partial charge in [-0.2, -0.15) is 0 Å². The minimum Gasteiger partial charge on any atom is -0.480 e. The van der Waals surface area contributed by atoms with E-state index in [0.717, 1.165) is 0 Å². The number of unbranched alkanes of at least 4 members (excludes halogenated alkanes) is 1. The predicted molar refractivity (Wildman–Crippen MR) is 105 cm³/mol. The minimum atomic E-state index is -1.35. The molecule has 30 heavy (non-hydrogen) atoms. The topological polar surface area (TPSA) is 240 Å². The summed E-state index contributed by atoms with van der Waals surface area (Å²) in [7, 11) is 0. The van der Waals surface area contributed by atoms with Gasteiger partial charge in [0.25, 0.3) is 0 Å². The number of hydrogen-bond donors (Lipinski definition) is 8. The van der Waals surface area contributed by atoms with Gasteiger partial charge in [-0.3, -0.25) is 19.2 Å². The molecule has 0 heterocycles. The normalized spacial score (nSPS) is 14.7. The van der Waals surface area contributed by atoms with Crippen LogP contribution in [0, 0.1) is 0 Å². The summed E-state index contributed by atoms with van der Waals surface area (Å²) in [5.74, 6) is -4.28. The van der Waals surface area contributed by atoms with Gasteiger partial charge >= 0.3 is 5.97 Å². The number of amides is 4. The molecule has 0 rings (SSSR count). The number of nitrogens with one attached hydrogen (secondary N) is 3. The molecule has 0 bridgehead atoms. The standard InChI is InChI=1S/C17H32N6O7/c1-9(24)14(20)16(28)23-10(4-2-3-7-18)15(27)21-8-13(26)22-11(17(29)30)5-6-12(19)25/h9-11,14,24H,2-8,18,20H2,1H3,(H2,19,25)(H,21,27)(H,22,26)(H,23,28)(H,29,30). The van der Waals surface area contributed by atoms with Gasteiger partial charge in [0.1, 0.15) is 18.1 Å². The quantitative estimate of drug-likeness (QED) is 0.118. The van der Waals surface area contributed by atoms with Crippen LogP contribution < -0.4 is 33.2 Å². The average Bonchev–Trinajstić information content (AvgIpc) is 2.67. The van der Waals surface area contributed by atoms with Gasteiger partial charge in [0.2, 0.25) is 23.6 Å². The predicted octanol–water partition coefficient (Wildman–Crippen LogP) is -3.74. The van der Waals surface area contributed by atoms with Gasteiger partial charge in [-0.25, -0.2) is 4.79 Å². The molecule has 4 atom stereocenters. The summed E-state index contributed by atoms with van der Waals surface area (Å²) in [4.78, 5) is 58.3. The fourth-order valence-electron chi connectivity index (χ4n) is 2.33. The zero-order valence-electron chi connectivity index (χ0n) is 16.9. The second-order valence-electron chi connectivity index (χ2n) is 6.79. The molecule has 0 fully saturated rings. The van der Waals surface area contributed by atoms with Gasteiger partial charge in [-0.05, 0) is 39.2 Å². The first kappa shape index (κ1) is 27.2. The van der Waals surface area contributed by atoms with Crippen LogP contribution in [0.3, 0.4) is 0 Å². The Morgan fingerprint density at radius 1 is 0.967 bits per heavy atom. The van der Waals surface area contributed by atoms with Crippen LogP contribution in [0.25, 0.3) is 0 Å². The number of rotatable bonds is 15. The van der Waals surface area contributed by atoms with Gasteiger partial charge in [0.05, 0.1) is 12.6 Å². The molecule has 13 nitrogen and oxygen atoms in total. The highest BCUT2D eigenvalue weighted by Gasteiger charge is 2.26. The molecule has 0 aromatic rings. The smallest absolute Gasteiger partial charge is 0.326 e. The van der Waals surface area contributed by atoms with E-state index < -0.39 is 60.4 Å². The molecule has 0 spiro atoms. The Hall–Kier alpha value is -2.77. The number of carboxylic acids is 1. The van der Waals surface area contributed by atoms with E-state index in [1.165, 1.54) is 6.92 Å². The van der Waals surface area contributed by atoms with E-state index in [4.69, 9.17) is 22.3 Å². The number of aliphatic hydroxyl groups is 1. The van der Waals surface area contributed by atoms with Gasteiger partial charge in [-0.15, -0.1) is 0 Å². The molecule has 13 heteroatoms. The van der Waals surface area contributed by atoms with E-state index in [2.05, 4.69) is 16.0 Å². The van der Waals surface area contributed by atoms with Crippen LogP contribution >= 0.6 is 0 Å². The first-order valence-electron chi connectivity index (χ1n) is 9.51. The van der Waals surface area contributed by atoms with E-state index in [1.54, 1.807) is 0 Å². The highest BCUT2D eigenvalue weighted by Crippen LogP contribution is 2.02. The third kappa shape index (κ3) is 11.3. The second kappa shape index (κ2) is 14.3. The molecule has 11 N–H and O–H groups in total. The van der Waals surface area contributed by atoms with Gasteiger partial charge < -0.3 is 43.4 Å². The monoisotopic (exact) mass is 432 g/mol. The third-order valence-electron chi connectivity index (χ3n) is 4.14. The molecule has 0 aliphatic carbocycles. The minimum absolute atomic E-state index is 0.195. The number of carboxylic acid groups (broad SMARTS) is 1. The Kier molecular flexibility index (Phi) is 12.9. The molecule has 4 amide bonds. The van der Waals surface area contributed by atoms with E-state index in [-0.39, 0.29) is 19.3 Å². The van der Waals surface area contributed by atoms with Gasteiger partial charge in [0, 0.05) is 6.42 Å². The molecule has 0 aliphatic heterocycles. The Morgan fingerprint density at radius 2 is 1.60 bits per heavy atom. The van der Waals surface area contributed by atoms with Crippen LogP contribution in [0.4, 0.5) is 0 Å². The van der Waals surface area contributed by atoms with Crippen molar-refractivity contribution in [2.45, 2.75) is 63.3 Å². The lowest BCUT2D eigenvalue weighted by Crippen LogP contribution is -2.55. The lowest BCUT2D eigenvalue weighted by atomic mass is 10.1. The van der Waals surface area contributed by atoms with Crippen molar-refractivity contribution in [3.63, 3.8) is 0 Å². The van der Waals surface area contributed by atoms with Crippen molar-refractivity contribution in [3.05, 3.63) is 0 Å². The maximum absolute atomic E-state index is 12.4. The summed E-state index contributed by atoms with van der Waals surface area (Å²) < 4.78 is 0. The molecule has 0 aromatic carbocycles. The number of aliphatic hydroxyl groups excluding tert-OH is 1. The molecule has 0 aromatic heterocycles. The molecule has 172 valence electrons. The molecule has 0 saturated heterocycles. The highest BCUT2D eigenvalue weighted by atomic mass is 16.4. The van der Waals surface area contributed by atoms with Crippen molar-refractivity contribution in [1.82, 2.24) is 16.0 Å².